The van der Waals surface area contributed by atoms with Crippen LogP contribution in [0, 0.1) is 24.4 Å². The Kier molecular flexibility index (Phi) is 10.00. The van der Waals surface area contributed by atoms with Gasteiger partial charge < -0.3 is 23.9 Å². The Morgan fingerprint density at radius 3 is 2.11 bits per heavy atom. The van der Waals surface area contributed by atoms with Crippen LogP contribution in [0.3, 0.4) is 0 Å². The summed E-state index contributed by atoms with van der Waals surface area (Å²) in [6.07, 6.45) is -1.40. The fourth-order valence-electron chi connectivity index (χ4n) is 7.13. The van der Waals surface area contributed by atoms with Gasteiger partial charge in [-0.1, -0.05) is 0 Å². The van der Waals surface area contributed by atoms with Crippen LogP contribution in [-0.4, -0.2) is 58.7 Å². The minimum absolute atomic E-state index is 0.00228. The predicted octanol–water partition coefficient (Wildman–Crippen LogP) is 4.24. The van der Waals surface area contributed by atoms with Gasteiger partial charge in [-0.2, -0.15) is 26.0 Å². The van der Waals surface area contributed by atoms with Gasteiger partial charge in [-0.25, -0.2) is 13.2 Å². The monoisotopic (exact) mass is 911 g/mol. The van der Waals surface area contributed by atoms with Crippen molar-refractivity contribution in [2.24, 2.45) is 21.6 Å². The first kappa shape index (κ1) is 35.6. The normalized spacial score (nSPS) is 26.3. The summed E-state index contributed by atoms with van der Waals surface area (Å²) in [6.45, 7) is -0.616. The van der Waals surface area contributed by atoms with Gasteiger partial charge in [0.15, 0.2) is 6.61 Å². The second-order valence-electron chi connectivity index (χ2n) is 11.8. The molecule has 0 aliphatic heterocycles. The molecule has 0 amide bonds. The second kappa shape index (κ2) is 12.9. The van der Waals surface area contributed by atoms with Gasteiger partial charge in [0.1, 0.15) is 22.5 Å². The summed E-state index contributed by atoms with van der Waals surface area (Å²) in [4.78, 5) is 11.4. The second-order valence-corrected chi connectivity index (χ2v) is 17.1. The molecule has 2 unspecified atom stereocenters. The number of nitrogens with zero attached hydrogens (tertiary/aromatic N) is 1. The summed E-state index contributed by atoms with van der Waals surface area (Å²) < 4.78 is 119. The molecule has 6 rings (SSSR count). The van der Waals surface area contributed by atoms with Crippen molar-refractivity contribution in [3.05, 3.63) is 49.1 Å². The van der Waals surface area contributed by atoms with Crippen LogP contribution in [-0.2, 0) is 40.6 Å². The first-order valence-corrected chi connectivity index (χ1v) is 18.9. The van der Waals surface area contributed by atoms with E-state index >= 15 is 0 Å². The number of hydrogen-bond acceptors (Lipinski definition) is 10. The van der Waals surface area contributed by atoms with Crippen LogP contribution < -0.4 is 9.84 Å². The zero-order chi connectivity index (χ0) is 33.7. The number of esters is 1. The van der Waals surface area contributed by atoms with Crippen molar-refractivity contribution < 1.29 is 58.7 Å². The highest BCUT2D eigenvalue weighted by atomic mass is 127. The zero-order valence-corrected chi connectivity index (χ0v) is 29.7. The van der Waals surface area contributed by atoms with Gasteiger partial charge in [-0.15, -0.1) is 0 Å². The standard InChI is InChI=1S/C28H28F3I2NO10S2/c29-28(30,31)18-1-3-20(4-2-18)45(37,38)34-25(36)26-10-16-7-17(11-26)13-27(12-16,15-26)44-6-5-42-23(35)14-43-19-8-21(32)24(22(33)9-19)46(39,40)41/h1-4,8-9,16-17H,5-7,10-15H2,(H,34,36)(H,39,40,41)/p-2. The average molecular weight is 911 g/mol. The number of ether oxygens (including phenoxy) is 3. The van der Waals surface area contributed by atoms with Crippen molar-refractivity contribution in [2.75, 3.05) is 19.8 Å². The van der Waals surface area contributed by atoms with Gasteiger partial charge in [0.2, 0.25) is 0 Å². The Hall–Kier alpha value is -1.75. The number of carbonyl (C=O) groups is 1. The lowest BCUT2D eigenvalue weighted by Gasteiger charge is -2.62. The number of sulfonamides is 1. The van der Waals surface area contributed by atoms with E-state index < -0.39 is 66.3 Å². The highest BCUT2D eigenvalue weighted by Crippen LogP contribution is 2.63. The van der Waals surface area contributed by atoms with Crippen LogP contribution in [0.25, 0.3) is 0 Å². The van der Waals surface area contributed by atoms with Crippen LogP contribution in [0.5, 0.6) is 5.75 Å². The molecule has 18 heteroatoms. The topological polar surface area (TPSA) is 172 Å². The summed E-state index contributed by atoms with van der Waals surface area (Å²) in [5.74, 6) is -1.19. The van der Waals surface area contributed by atoms with E-state index in [1.54, 1.807) is 45.2 Å². The number of hydrogen-bond donors (Lipinski definition) is 0. The van der Waals surface area contributed by atoms with Crippen molar-refractivity contribution in [1.82, 2.24) is 0 Å². The lowest BCUT2D eigenvalue weighted by atomic mass is 9.47. The van der Waals surface area contributed by atoms with Gasteiger partial charge >= 0.3 is 12.1 Å². The van der Waals surface area contributed by atoms with E-state index in [9.17, 15) is 44.5 Å². The molecule has 2 aromatic carbocycles. The van der Waals surface area contributed by atoms with E-state index in [1.807, 2.05) is 0 Å². The quantitative estimate of drug-likeness (QED) is 0.0794. The molecule has 4 aliphatic rings. The molecule has 0 heterocycles. The zero-order valence-electron chi connectivity index (χ0n) is 23.7. The maximum atomic E-state index is 13.5. The van der Waals surface area contributed by atoms with Gasteiger partial charge in [0.25, 0.3) is 10.0 Å². The third-order valence-electron chi connectivity index (χ3n) is 8.48. The van der Waals surface area contributed by atoms with Gasteiger partial charge in [0, 0.05) is 12.6 Å². The highest BCUT2D eigenvalue weighted by Gasteiger charge is 2.58. The molecule has 2 atom stereocenters. The van der Waals surface area contributed by atoms with E-state index in [0.29, 0.717) is 37.8 Å². The Morgan fingerprint density at radius 2 is 1.57 bits per heavy atom. The molecular formula is C28H26F3I2NO10S2-2. The highest BCUT2D eigenvalue weighted by molar-refractivity contribution is 14.1. The number of benzene rings is 2. The molecule has 4 fully saturated rings. The average Bonchev–Trinajstić information content (AvgIpc) is 2.92. The molecule has 0 radical (unpaired) electrons. The van der Waals surface area contributed by atoms with Crippen molar-refractivity contribution in [3.63, 3.8) is 0 Å². The Morgan fingerprint density at radius 1 is 0.978 bits per heavy atom. The summed E-state index contributed by atoms with van der Waals surface area (Å²) >= 11 is 3.38. The molecule has 2 aromatic rings. The van der Waals surface area contributed by atoms with Crippen LogP contribution in [0.1, 0.15) is 44.1 Å². The van der Waals surface area contributed by atoms with Gasteiger partial charge in [0.05, 0.1) is 27.6 Å². The molecule has 252 valence electrons. The maximum absolute atomic E-state index is 13.5. The lowest BCUT2D eigenvalue weighted by molar-refractivity contribution is -0.256. The van der Waals surface area contributed by atoms with Crippen LogP contribution in [0.2, 0.25) is 0 Å². The summed E-state index contributed by atoms with van der Waals surface area (Å²) in [7, 11) is -9.23. The van der Waals surface area contributed by atoms with Crippen molar-refractivity contribution in [3.8, 4) is 5.75 Å². The molecule has 0 spiro atoms. The van der Waals surface area contributed by atoms with Crippen LogP contribution in [0.15, 0.2) is 50.6 Å². The molecule has 11 nitrogen and oxygen atoms in total. The van der Waals surface area contributed by atoms with Gasteiger partial charge in [-0.05, 0) is 138 Å². The Balaban J connectivity index is 1.18. The maximum Gasteiger partial charge on any atom is 0.416 e. The van der Waals surface area contributed by atoms with E-state index in [1.165, 1.54) is 12.1 Å². The SMILES string of the molecule is O=C(COc1cc(I)c(S(=O)(=O)[O-])c(I)c1)OCCOC12CC3CC(C1)CC(/C([O-])=N/S(=O)(=O)c1ccc(C(F)(F)F)cc1)(C3)C2. The van der Waals surface area contributed by atoms with E-state index in [0.717, 1.165) is 18.6 Å². The van der Waals surface area contributed by atoms with Gasteiger partial charge in [-0.3, -0.25) is 0 Å². The third kappa shape index (κ3) is 7.76. The van der Waals surface area contributed by atoms with Crippen molar-refractivity contribution >= 4 is 77.2 Å². The first-order valence-electron chi connectivity index (χ1n) is 13.9. The molecular weight excluding hydrogens is 885 g/mol. The molecule has 0 N–H and O–H groups in total. The molecule has 0 saturated heterocycles. The molecule has 0 aromatic heterocycles. The minimum atomic E-state index is -4.69. The smallest absolute Gasteiger partial charge is 0.416 e. The molecule has 46 heavy (non-hydrogen) atoms. The fraction of sp³-hybridized carbons (Fsp3) is 0.500. The molecule has 4 aliphatic carbocycles. The van der Waals surface area contributed by atoms with E-state index in [2.05, 4.69) is 4.40 Å². The summed E-state index contributed by atoms with van der Waals surface area (Å²) in [6, 6.07) is 5.45. The number of halogens is 5. The summed E-state index contributed by atoms with van der Waals surface area (Å²) in [5.41, 5.74) is -2.84. The van der Waals surface area contributed by atoms with Crippen LogP contribution in [0.4, 0.5) is 13.2 Å². The summed E-state index contributed by atoms with van der Waals surface area (Å²) in [5, 5.41) is 13.5. The largest absolute Gasteiger partial charge is 0.861 e. The van der Waals surface area contributed by atoms with E-state index in [-0.39, 0.29) is 49.3 Å². The van der Waals surface area contributed by atoms with Crippen LogP contribution >= 0.6 is 45.2 Å². The first-order chi connectivity index (χ1) is 21.3. The predicted molar refractivity (Wildman–Crippen MR) is 168 cm³/mol. The lowest BCUT2D eigenvalue weighted by Crippen LogP contribution is -2.61. The minimum Gasteiger partial charge on any atom is -0.861 e. The number of carbonyl (C=O) groups excluding carboxylic acids is 1. The number of alkyl halides is 3. The Labute approximate surface area is 290 Å². The molecule has 4 saturated carbocycles. The van der Waals surface area contributed by atoms with E-state index in [4.69, 9.17) is 14.2 Å². The third-order valence-corrected chi connectivity index (χ3v) is 13.1. The number of rotatable bonds is 11. The Bertz CT molecular complexity index is 1730. The van der Waals surface area contributed by atoms with Crippen molar-refractivity contribution in [2.45, 2.75) is 60.1 Å². The fourth-order valence-corrected chi connectivity index (χ4v) is 12.1. The van der Waals surface area contributed by atoms with Crippen molar-refractivity contribution in [1.29, 1.82) is 0 Å². The molecule has 4 bridgehead atoms.